The fourth-order valence-corrected chi connectivity index (χ4v) is 0.283. The van der Waals surface area contributed by atoms with Crippen LogP contribution < -0.4 is 10.7 Å². The smallest absolute Gasteiger partial charge is 0.334 e. The Hall–Kier alpha value is -1.33. The number of nitrogens with one attached hydrogen (secondary N) is 2. The number of rotatable bonds is 2. The SMILES string of the molecule is CCNC(=O)N[N+](=O)[O-]. The fourth-order valence-electron chi connectivity index (χ4n) is 0.283. The monoisotopic (exact) mass is 133 g/mol. The van der Waals surface area contributed by atoms with Gasteiger partial charge in [0.1, 0.15) is 0 Å². The first kappa shape index (κ1) is 7.67. The number of urea groups is 1. The summed E-state index contributed by atoms with van der Waals surface area (Å²) in [6, 6.07) is -0.789. The van der Waals surface area contributed by atoms with E-state index < -0.39 is 11.1 Å². The molecule has 6 nitrogen and oxygen atoms in total. The van der Waals surface area contributed by atoms with Gasteiger partial charge in [0.05, 0.1) is 0 Å². The molecule has 0 radical (unpaired) electrons. The summed E-state index contributed by atoms with van der Waals surface area (Å²) in [4.78, 5) is 19.7. The van der Waals surface area contributed by atoms with Gasteiger partial charge < -0.3 is 5.32 Å². The molecule has 2 N–H and O–H groups in total. The molecule has 0 aliphatic rings. The van der Waals surface area contributed by atoms with Gasteiger partial charge in [-0.2, -0.15) is 0 Å². The average molecular weight is 133 g/mol. The van der Waals surface area contributed by atoms with Crippen LogP contribution in [0.1, 0.15) is 6.92 Å². The maximum Gasteiger partial charge on any atom is 0.372 e. The van der Waals surface area contributed by atoms with Crippen molar-refractivity contribution in [3.05, 3.63) is 10.1 Å². The molecule has 0 aliphatic heterocycles. The van der Waals surface area contributed by atoms with Gasteiger partial charge in [-0.05, 0) is 6.92 Å². The van der Waals surface area contributed by atoms with E-state index in [1.165, 1.54) is 5.43 Å². The largest absolute Gasteiger partial charge is 0.372 e. The molecule has 0 spiro atoms. The van der Waals surface area contributed by atoms with E-state index >= 15 is 0 Å². The number of carbonyl (C=O) groups is 1. The first-order valence-electron chi connectivity index (χ1n) is 2.35. The average Bonchev–Trinajstić information content (AvgIpc) is 1.63. The number of hydrogen-bond acceptors (Lipinski definition) is 3. The molecule has 0 fully saturated rings. The zero-order valence-electron chi connectivity index (χ0n) is 4.88. The van der Waals surface area contributed by atoms with Crippen LogP contribution in [-0.4, -0.2) is 17.6 Å². The molecule has 0 atom stereocenters. The summed E-state index contributed by atoms with van der Waals surface area (Å²) in [6.07, 6.45) is 0. The molecule has 0 aromatic rings. The van der Waals surface area contributed by atoms with Crippen molar-refractivity contribution < 1.29 is 9.83 Å². The molecular weight excluding hydrogens is 126 g/mol. The van der Waals surface area contributed by atoms with Gasteiger partial charge >= 0.3 is 6.03 Å². The molecular formula is C3H7N3O3. The van der Waals surface area contributed by atoms with Gasteiger partial charge in [0.15, 0.2) is 5.03 Å². The number of amides is 2. The number of hydrazine groups is 1. The highest BCUT2D eigenvalue weighted by molar-refractivity contribution is 5.72. The van der Waals surface area contributed by atoms with Crippen molar-refractivity contribution in [1.82, 2.24) is 10.7 Å². The van der Waals surface area contributed by atoms with Crippen LogP contribution in [0.15, 0.2) is 0 Å². The lowest BCUT2D eigenvalue weighted by Crippen LogP contribution is -2.38. The van der Waals surface area contributed by atoms with Gasteiger partial charge in [-0.15, -0.1) is 0 Å². The number of hydrogen-bond donors (Lipinski definition) is 2. The third-order valence-electron chi connectivity index (χ3n) is 0.530. The standard InChI is InChI=1S/C3H7N3O3/c1-2-4-3(7)5-6(8)9/h2H2,1H3,(H2,4,5,7). The Labute approximate surface area is 51.4 Å². The van der Waals surface area contributed by atoms with Crippen molar-refractivity contribution >= 4 is 6.03 Å². The van der Waals surface area contributed by atoms with Crippen LogP contribution >= 0.6 is 0 Å². The van der Waals surface area contributed by atoms with Gasteiger partial charge in [-0.3, -0.25) is 0 Å². The normalized spacial score (nSPS) is 8.11. The molecule has 0 unspecified atom stereocenters. The lowest BCUT2D eigenvalue weighted by atomic mass is 10.7. The van der Waals surface area contributed by atoms with Crippen LogP contribution in [-0.2, 0) is 0 Å². The van der Waals surface area contributed by atoms with Crippen LogP contribution in [0, 0.1) is 10.1 Å². The van der Waals surface area contributed by atoms with E-state index in [1.54, 1.807) is 6.92 Å². The Morgan fingerprint density at radius 2 is 2.33 bits per heavy atom. The van der Waals surface area contributed by atoms with E-state index in [-0.39, 0.29) is 0 Å². The van der Waals surface area contributed by atoms with E-state index in [4.69, 9.17) is 0 Å². The maximum atomic E-state index is 10.2. The summed E-state index contributed by atoms with van der Waals surface area (Å²) < 4.78 is 0. The topological polar surface area (TPSA) is 84.3 Å². The minimum absolute atomic E-state index is 0.375. The van der Waals surface area contributed by atoms with Crippen LogP contribution in [0.2, 0.25) is 0 Å². The van der Waals surface area contributed by atoms with Gasteiger partial charge in [-0.25, -0.2) is 14.9 Å². The van der Waals surface area contributed by atoms with Crippen molar-refractivity contribution in [2.45, 2.75) is 6.92 Å². The predicted octanol–water partition coefficient (Wildman–Crippen LogP) is -0.503. The Kier molecular flexibility index (Phi) is 3.11. The van der Waals surface area contributed by atoms with Crippen LogP contribution in [0.3, 0.4) is 0 Å². The molecule has 0 aromatic heterocycles. The molecule has 0 saturated carbocycles. The zero-order valence-corrected chi connectivity index (χ0v) is 4.88. The molecule has 0 bridgehead atoms. The Balaban J connectivity index is 3.39. The Morgan fingerprint density at radius 3 is 2.67 bits per heavy atom. The molecule has 52 valence electrons. The fraction of sp³-hybridized carbons (Fsp3) is 0.667. The summed E-state index contributed by atoms with van der Waals surface area (Å²) in [5.74, 6) is 0. The number of nitro groups is 1. The molecule has 0 aromatic carbocycles. The number of carbonyl (C=O) groups excluding carboxylic acids is 1. The van der Waals surface area contributed by atoms with Crippen LogP contribution in [0.25, 0.3) is 0 Å². The molecule has 0 heterocycles. The van der Waals surface area contributed by atoms with Crippen molar-refractivity contribution in [2.24, 2.45) is 0 Å². The minimum atomic E-state index is -0.912. The molecule has 9 heavy (non-hydrogen) atoms. The van der Waals surface area contributed by atoms with Gasteiger partial charge in [0.2, 0.25) is 0 Å². The van der Waals surface area contributed by atoms with E-state index in [9.17, 15) is 14.9 Å². The second-order valence-corrected chi connectivity index (χ2v) is 1.23. The third kappa shape index (κ3) is 4.52. The van der Waals surface area contributed by atoms with E-state index in [1.807, 2.05) is 0 Å². The second kappa shape index (κ2) is 3.65. The highest BCUT2D eigenvalue weighted by Gasteiger charge is 2.02. The summed E-state index contributed by atoms with van der Waals surface area (Å²) in [5.41, 5.74) is 1.42. The molecule has 0 aliphatic carbocycles. The quantitative estimate of drug-likeness (QED) is 0.393. The van der Waals surface area contributed by atoms with Crippen molar-refractivity contribution in [2.75, 3.05) is 6.54 Å². The molecule has 2 amide bonds. The van der Waals surface area contributed by atoms with E-state index in [2.05, 4.69) is 5.32 Å². The highest BCUT2D eigenvalue weighted by Crippen LogP contribution is 1.62. The first-order valence-corrected chi connectivity index (χ1v) is 2.35. The summed E-state index contributed by atoms with van der Waals surface area (Å²) >= 11 is 0. The predicted molar refractivity (Wildman–Crippen MR) is 29.2 cm³/mol. The lowest BCUT2D eigenvalue weighted by Gasteiger charge is -1.94. The summed E-state index contributed by atoms with van der Waals surface area (Å²) in [6.45, 7) is 2.04. The Bertz CT molecular complexity index is 123. The van der Waals surface area contributed by atoms with Crippen LogP contribution in [0.5, 0.6) is 0 Å². The maximum absolute atomic E-state index is 10.2. The second-order valence-electron chi connectivity index (χ2n) is 1.23. The molecule has 6 heteroatoms. The van der Waals surface area contributed by atoms with Crippen molar-refractivity contribution in [1.29, 1.82) is 0 Å². The van der Waals surface area contributed by atoms with Gasteiger partial charge in [0, 0.05) is 6.54 Å². The van der Waals surface area contributed by atoms with Crippen LogP contribution in [0.4, 0.5) is 4.79 Å². The molecule has 0 rings (SSSR count). The van der Waals surface area contributed by atoms with E-state index in [0.29, 0.717) is 6.54 Å². The number of nitrogens with zero attached hydrogens (tertiary/aromatic N) is 1. The minimum Gasteiger partial charge on any atom is -0.334 e. The van der Waals surface area contributed by atoms with E-state index in [0.717, 1.165) is 0 Å². The highest BCUT2D eigenvalue weighted by atomic mass is 16.7. The molecule has 0 saturated heterocycles. The van der Waals surface area contributed by atoms with Crippen molar-refractivity contribution in [3.8, 4) is 0 Å². The van der Waals surface area contributed by atoms with Gasteiger partial charge in [0.25, 0.3) is 0 Å². The first-order chi connectivity index (χ1) is 4.16. The summed E-state index contributed by atoms with van der Waals surface area (Å²) in [7, 11) is 0. The lowest BCUT2D eigenvalue weighted by molar-refractivity contribution is -0.527. The third-order valence-corrected chi connectivity index (χ3v) is 0.530. The Morgan fingerprint density at radius 1 is 1.78 bits per heavy atom. The van der Waals surface area contributed by atoms with Crippen molar-refractivity contribution in [3.63, 3.8) is 0 Å². The summed E-state index contributed by atoms with van der Waals surface area (Å²) in [5, 5.41) is 10.8. The van der Waals surface area contributed by atoms with Gasteiger partial charge in [-0.1, -0.05) is 5.43 Å². The zero-order chi connectivity index (χ0) is 7.28.